The SMILES string of the molecule is O=C(COC(=O)C12C[C@@H]3C[C@H](CC(Cl)(C3)C1)C2)NC1CCCCCC1. The minimum atomic E-state index is -0.422. The highest BCUT2D eigenvalue weighted by atomic mass is 35.5. The molecule has 2 atom stereocenters. The lowest BCUT2D eigenvalue weighted by molar-refractivity contribution is -0.171. The molecule has 1 N–H and O–H groups in total. The van der Waals surface area contributed by atoms with Crippen LogP contribution in [0.3, 0.4) is 0 Å². The van der Waals surface area contributed by atoms with Gasteiger partial charge in [0.15, 0.2) is 6.61 Å². The molecule has 1 amide bonds. The number of alkyl halides is 1. The first-order valence-electron chi connectivity index (χ1n) is 10.1. The Morgan fingerprint density at radius 3 is 2.24 bits per heavy atom. The number of amides is 1. The summed E-state index contributed by atoms with van der Waals surface area (Å²) in [7, 11) is 0. The van der Waals surface area contributed by atoms with Crippen molar-refractivity contribution in [1.82, 2.24) is 5.32 Å². The largest absolute Gasteiger partial charge is 0.455 e. The maximum atomic E-state index is 12.8. The van der Waals surface area contributed by atoms with Gasteiger partial charge in [-0.25, -0.2) is 0 Å². The topological polar surface area (TPSA) is 55.4 Å². The molecule has 5 saturated carbocycles. The van der Waals surface area contributed by atoms with E-state index in [1.807, 2.05) is 0 Å². The van der Waals surface area contributed by atoms with Gasteiger partial charge in [0.25, 0.3) is 5.91 Å². The molecule has 5 heteroatoms. The van der Waals surface area contributed by atoms with Crippen LogP contribution in [0.2, 0.25) is 0 Å². The quantitative estimate of drug-likeness (QED) is 0.465. The minimum absolute atomic E-state index is 0.137. The molecule has 5 aliphatic carbocycles. The Balaban J connectivity index is 1.31. The van der Waals surface area contributed by atoms with E-state index in [9.17, 15) is 9.59 Å². The van der Waals surface area contributed by atoms with Gasteiger partial charge in [0.1, 0.15) is 0 Å². The number of hydrogen-bond acceptors (Lipinski definition) is 3. The average molecular weight is 368 g/mol. The number of rotatable bonds is 4. The van der Waals surface area contributed by atoms with Gasteiger partial charge in [-0.3, -0.25) is 9.59 Å². The lowest BCUT2D eigenvalue weighted by Crippen LogP contribution is -2.56. The van der Waals surface area contributed by atoms with E-state index in [1.54, 1.807) is 0 Å². The average Bonchev–Trinajstić information content (AvgIpc) is 2.79. The maximum Gasteiger partial charge on any atom is 0.312 e. The fourth-order valence-corrected chi connectivity index (χ4v) is 7.06. The van der Waals surface area contributed by atoms with Crippen LogP contribution in [0.4, 0.5) is 0 Å². The number of nitrogens with one attached hydrogen (secondary N) is 1. The molecule has 5 aliphatic rings. The van der Waals surface area contributed by atoms with E-state index in [0.717, 1.165) is 44.9 Å². The van der Waals surface area contributed by atoms with Gasteiger partial charge in [-0.15, -0.1) is 11.6 Å². The van der Waals surface area contributed by atoms with Gasteiger partial charge >= 0.3 is 5.97 Å². The first-order valence-corrected chi connectivity index (χ1v) is 10.5. The highest BCUT2D eigenvalue weighted by molar-refractivity contribution is 6.24. The Morgan fingerprint density at radius 1 is 1.00 bits per heavy atom. The van der Waals surface area contributed by atoms with Crippen LogP contribution in [0, 0.1) is 17.3 Å². The van der Waals surface area contributed by atoms with Crippen LogP contribution in [-0.4, -0.2) is 29.4 Å². The summed E-state index contributed by atoms with van der Waals surface area (Å²) in [5, 5.41) is 3.05. The molecule has 5 rings (SSSR count). The summed E-state index contributed by atoms with van der Waals surface area (Å²) in [6.45, 7) is -0.137. The standard InChI is InChI=1S/C20H30ClNO3/c21-20-10-14-7-15(11-20)9-19(8-14,13-20)18(24)25-12-17(23)22-16-5-3-1-2-4-6-16/h14-16H,1-13H2,(H,22,23)/t14-,15-,19?,20?/m0/s1. The summed E-state index contributed by atoms with van der Waals surface area (Å²) in [4.78, 5) is 24.8. The van der Waals surface area contributed by atoms with E-state index >= 15 is 0 Å². The highest BCUT2D eigenvalue weighted by Gasteiger charge is 2.60. The molecule has 0 saturated heterocycles. The zero-order valence-corrected chi connectivity index (χ0v) is 15.8. The number of halogens is 1. The Kier molecular flexibility index (Phi) is 4.76. The van der Waals surface area contributed by atoms with E-state index in [-0.39, 0.29) is 29.4 Å². The maximum absolute atomic E-state index is 12.8. The summed E-state index contributed by atoms with van der Waals surface area (Å²) in [6.07, 6.45) is 12.8. The Morgan fingerprint density at radius 2 is 1.64 bits per heavy atom. The van der Waals surface area contributed by atoms with Crippen LogP contribution in [-0.2, 0) is 14.3 Å². The van der Waals surface area contributed by atoms with Crippen LogP contribution in [0.15, 0.2) is 0 Å². The van der Waals surface area contributed by atoms with Crippen LogP contribution in [0.1, 0.15) is 77.0 Å². The first kappa shape index (κ1) is 17.6. The third-order valence-electron chi connectivity index (χ3n) is 6.98. The van der Waals surface area contributed by atoms with Crippen molar-refractivity contribution < 1.29 is 14.3 Å². The Bertz CT molecular complexity index is 527. The molecular formula is C20H30ClNO3. The number of carbonyl (C=O) groups is 2. The summed E-state index contributed by atoms with van der Waals surface area (Å²) < 4.78 is 5.50. The third kappa shape index (κ3) is 3.70. The molecule has 5 fully saturated rings. The van der Waals surface area contributed by atoms with Crippen molar-refractivity contribution in [2.24, 2.45) is 17.3 Å². The van der Waals surface area contributed by atoms with Crippen LogP contribution < -0.4 is 5.32 Å². The van der Waals surface area contributed by atoms with Crippen molar-refractivity contribution in [2.75, 3.05) is 6.61 Å². The molecular weight excluding hydrogens is 338 g/mol. The lowest BCUT2D eigenvalue weighted by atomic mass is 9.49. The van der Waals surface area contributed by atoms with Gasteiger partial charge < -0.3 is 10.1 Å². The van der Waals surface area contributed by atoms with Gasteiger partial charge in [-0.2, -0.15) is 0 Å². The lowest BCUT2D eigenvalue weighted by Gasteiger charge is -2.58. The molecule has 0 aliphatic heterocycles. The van der Waals surface area contributed by atoms with Gasteiger partial charge in [-0.05, 0) is 63.2 Å². The monoisotopic (exact) mass is 367 g/mol. The first-order chi connectivity index (χ1) is 12.0. The van der Waals surface area contributed by atoms with Gasteiger partial charge in [0.2, 0.25) is 0 Å². The van der Waals surface area contributed by atoms with Crippen molar-refractivity contribution in [2.45, 2.75) is 88.0 Å². The second-order valence-corrected chi connectivity index (χ2v) is 10.0. The van der Waals surface area contributed by atoms with E-state index in [2.05, 4.69) is 5.32 Å². The van der Waals surface area contributed by atoms with E-state index in [4.69, 9.17) is 16.3 Å². The van der Waals surface area contributed by atoms with Gasteiger partial charge in [0.05, 0.1) is 5.41 Å². The van der Waals surface area contributed by atoms with Gasteiger partial charge in [0, 0.05) is 10.9 Å². The summed E-state index contributed by atoms with van der Waals surface area (Å²) >= 11 is 6.78. The summed E-state index contributed by atoms with van der Waals surface area (Å²) in [5.74, 6) is 0.797. The van der Waals surface area contributed by atoms with Crippen LogP contribution in [0.5, 0.6) is 0 Å². The second-order valence-electron chi connectivity index (χ2n) is 9.22. The predicted molar refractivity (Wildman–Crippen MR) is 96.3 cm³/mol. The van der Waals surface area contributed by atoms with Gasteiger partial charge in [-0.1, -0.05) is 25.7 Å². The third-order valence-corrected chi connectivity index (χ3v) is 7.42. The van der Waals surface area contributed by atoms with Crippen molar-refractivity contribution >= 4 is 23.5 Å². The zero-order chi connectivity index (χ0) is 17.5. The number of esters is 1. The molecule has 4 bridgehead atoms. The normalized spacial score (nSPS) is 40.5. The minimum Gasteiger partial charge on any atom is -0.455 e. The number of carbonyl (C=O) groups excluding carboxylic acids is 2. The molecule has 0 aromatic carbocycles. The predicted octanol–water partition coefficient (Wildman–Crippen LogP) is 3.95. The van der Waals surface area contributed by atoms with Crippen molar-refractivity contribution in [3.63, 3.8) is 0 Å². The van der Waals surface area contributed by atoms with Crippen molar-refractivity contribution in [3.05, 3.63) is 0 Å². The molecule has 0 aromatic heterocycles. The van der Waals surface area contributed by atoms with E-state index in [0.29, 0.717) is 11.8 Å². The van der Waals surface area contributed by atoms with Crippen molar-refractivity contribution in [3.8, 4) is 0 Å². The number of hydrogen-bond donors (Lipinski definition) is 1. The van der Waals surface area contributed by atoms with Crippen LogP contribution in [0.25, 0.3) is 0 Å². The molecule has 140 valence electrons. The van der Waals surface area contributed by atoms with Crippen molar-refractivity contribution in [1.29, 1.82) is 0 Å². The molecule has 0 radical (unpaired) electrons. The van der Waals surface area contributed by atoms with Crippen LogP contribution >= 0.6 is 11.6 Å². The molecule has 4 nitrogen and oxygen atoms in total. The smallest absolute Gasteiger partial charge is 0.312 e. The molecule has 0 aromatic rings. The summed E-state index contributed by atoms with van der Waals surface area (Å²) in [6, 6.07) is 0.249. The highest BCUT2D eigenvalue weighted by Crippen LogP contribution is 2.64. The molecule has 25 heavy (non-hydrogen) atoms. The fraction of sp³-hybridized carbons (Fsp3) is 0.900. The zero-order valence-electron chi connectivity index (χ0n) is 15.0. The fourth-order valence-electron chi connectivity index (χ4n) is 6.37. The molecule has 0 spiro atoms. The Labute approximate surface area is 155 Å². The Hall–Kier alpha value is -0.770. The number of ether oxygens (including phenoxy) is 1. The summed E-state index contributed by atoms with van der Waals surface area (Å²) in [5.41, 5.74) is -0.422. The second kappa shape index (κ2) is 6.75. The van der Waals surface area contributed by atoms with E-state index in [1.165, 1.54) is 32.1 Å². The molecule has 0 heterocycles. The molecule has 0 unspecified atom stereocenters. The van der Waals surface area contributed by atoms with E-state index < -0.39 is 5.41 Å².